The molecule has 0 fully saturated rings. The highest BCUT2D eigenvalue weighted by Crippen LogP contribution is 2.44. The SMILES string of the molecule is CCC1c2nnc(C)n2-c2cnc(-c3cccnc3-c3ccccc3)nc2N1c1cnn(C)c1. The Labute approximate surface area is 196 Å². The Morgan fingerprint density at radius 1 is 0.971 bits per heavy atom. The van der Waals surface area contributed by atoms with Gasteiger partial charge in [-0.2, -0.15) is 5.10 Å². The molecule has 1 atom stereocenters. The number of aryl methyl sites for hydroxylation is 2. The second kappa shape index (κ2) is 7.87. The van der Waals surface area contributed by atoms with Gasteiger partial charge in [-0.05, 0) is 25.5 Å². The summed E-state index contributed by atoms with van der Waals surface area (Å²) < 4.78 is 3.85. The zero-order valence-corrected chi connectivity index (χ0v) is 19.2. The van der Waals surface area contributed by atoms with Gasteiger partial charge >= 0.3 is 0 Å². The van der Waals surface area contributed by atoms with E-state index in [9.17, 15) is 0 Å². The Morgan fingerprint density at radius 3 is 2.59 bits per heavy atom. The Bertz CT molecular complexity index is 1490. The molecule has 0 amide bonds. The van der Waals surface area contributed by atoms with E-state index >= 15 is 0 Å². The van der Waals surface area contributed by atoms with Gasteiger partial charge in [-0.15, -0.1) is 10.2 Å². The first-order valence-corrected chi connectivity index (χ1v) is 11.2. The minimum atomic E-state index is -0.0388. The maximum Gasteiger partial charge on any atom is 0.163 e. The molecular weight excluding hydrogens is 426 g/mol. The van der Waals surface area contributed by atoms with Crippen LogP contribution in [0, 0.1) is 6.92 Å². The smallest absolute Gasteiger partial charge is 0.163 e. The number of nitrogens with zero attached hydrogens (tertiary/aromatic N) is 9. The third-order valence-corrected chi connectivity index (χ3v) is 6.13. The molecule has 1 aliphatic rings. The number of pyridine rings is 1. The van der Waals surface area contributed by atoms with Gasteiger partial charge in [0.25, 0.3) is 0 Å². The lowest BCUT2D eigenvalue weighted by Crippen LogP contribution is -2.32. The fourth-order valence-electron chi connectivity index (χ4n) is 4.60. The summed E-state index contributed by atoms with van der Waals surface area (Å²) in [6.07, 6.45) is 8.33. The van der Waals surface area contributed by atoms with Crippen LogP contribution in [0.25, 0.3) is 28.3 Å². The van der Waals surface area contributed by atoms with Gasteiger partial charge in [-0.25, -0.2) is 9.97 Å². The van der Waals surface area contributed by atoms with E-state index in [-0.39, 0.29) is 6.04 Å². The molecule has 1 unspecified atom stereocenters. The minimum Gasteiger partial charge on any atom is -0.311 e. The van der Waals surface area contributed by atoms with Crippen LogP contribution >= 0.6 is 0 Å². The van der Waals surface area contributed by atoms with E-state index in [1.807, 2.05) is 75.0 Å². The van der Waals surface area contributed by atoms with Gasteiger partial charge in [0.15, 0.2) is 17.5 Å². The van der Waals surface area contributed by atoms with E-state index in [4.69, 9.17) is 9.97 Å². The molecule has 4 aromatic heterocycles. The molecule has 5 aromatic rings. The van der Waals surface area contributed by atoms with Crippen molar-refractivity contribution in [3.05, 3.63) is 78.9 Å². The van der Waals surface area contributed by atoms with Crippen molar-refractivity contribution < 1.29 is 0 Å². The molecule has 6 rings (SSSR count). The number of benzene rings is 1. The van der Waals surface area contributed by atoms with E-state index in [2.05, 4.69) is 36.7 Å². The summed E-state index contributed by atoms with van der Waals surface area (Å²) in [6, 6.07) is 14.0. The number of hydrogen-bond donors (Lipinski definition) is 0. The molecule has 0 N–H and O–H groups in total. The second-order valence-corrected chi connectivity index (χ2v) is 8.28. The molecule has 1 aromatic carbocycles. The maximum atomic E-state index is 5.12. The first kappa shape index (κ1) is 20.2. The molecule has 0 radical (unpaired) electrons. The molecule has 168 valence electrons. The van der Waals surface area contributed by atoms with E-state index in [1.165, 1.54) is 0 Å². The van der Waals surface area contributed by atoms with Crippen molar-refractivity contribution in [2.24, 2.45) is 7.05 Å². The van der Waals surface area contributed by atoms with E-state index < -0.39 is 0 Å². The number of rotatable bonds is 4. The van der Waals surface area contributed by atoms with E-state index in [0.29, 0.717) is 5.82 Å². The molecular formula is C25H23N9. The third kappa shape index (κ3) is 3.08. The summed E-state index contributed by atoms with van der Waals surface area (Å²) >= 11 is 0. The highest BCUT2D eigenvalue weighted by Gasteiger charge is 2.36. The van der Waals surface area contributed by atoms with Crippen molar-refractivity contribution in [2.75, 3.05) is 4.90 Å². The normalized spacial score (nSPS) is 14.7. The van der Waals surface area contributed by atoms with Crippen molar-refractivity contribution in [2.45, 2.75) is 26.3 Å². The van der Waals surface area contributed by atoms with Gasteiger partial charge in [0.05, 0.1) is 29.8 Å². The summed E-state index contributed by atoms with van der Waals surface area (Å²) in [5, 5.41) is 13.3. The number of hydrogen-bond acceptors (Lipinski definition) is 7. The summed E-state index contributed by atoms with van der Waals surface area (Å²) in [4.78, 5) is 16.7. The first-order valence-electron chi connectivity index (χ1n) is 11.2. The molecule has 0 spiro atoms. The van der Waals surface area contributed by atoms with Gasteiger partial charge in [0, 0.05) is 30.6 Å². The second-order valence-electron chi connectivity index (χ2n) is 8.28. The molecule has 0 bridgehead atoms. The van der Waals surface area contributed by atoms with Gasteiger partial charge in [-0.3, -0.25) is 14.2 Å². The van der Waals surface area contributed by atoms with Crippen LogP contribution in [-0.4, -0.2) is 39.5 Å². The van der Waals surface area contributed by atoms with Crippen LogP contribution in [-0.2, 0) is 7.05 Å². The monoisotopic (exact) mass is 449 g/mol. The molecule has 34 heavy (non-hydrogen) atoms. The summed E-state index contributed by atoms with van der Waals surface area (Å²) in [6.45, 7) is 4.10. The zero-order valence-electron chi connectivity index (χ0n) is 19.2. The fourth-order valence-corrected chi connectivity index (χ4v) is 4.60. The molecule has 5 heterocycles. The largest absolute Gasteiger partial charge is 0.311 e. The fraction of sp³-hybridized carbons (Fsp3) is 0.200. The molecule has 0 aliphatic carbocycles. The topological polar surface area (TPSA) is 90.4 Å². The maximum absolute atomic E-state index is 5.12. The van der Waals surface area contributed by atoms with E-state index in [1.54, 1.807) is 10.9 Å². The van der Waals surface area contributed by atoms with E-state index in [0.717, 1.165) is 52.1 Å². The Hall–Kier alpha value is -4.40. The van der Waals surface area contributed by atoms with Gasteiger partial charge in [0.2, 0.25) is 0 Å². The zero-order chi connectivity index (χ0) is 23.2. The summed E-state index contributed by atoms with van der Waals surface area (Å²) in [5.41, 5.74) is 4.54. The van der Waals surface area contributed by atoms with Crippen molar-refractivity contribution in [3.8, 4) is 28.3 Å². The van der Waals surface area contributed by atoms with Gasteiger partial charge in [-0.1, -0.05) is 37.3 Å². The lowest BCUT2D eigenvalue weighted by atomic mass is 10.0. The standard InChI is InChI=1S/C25H23N9/c1-4-20-25-31-30-16(2)33(25)21-14-27-23(29-24(21)34(20)18-13-28-32(3)15-18)19-11-8-12-26-22(19)17-9-6-5-7-10-17/h5-15,20H,4H2,1-3H3. The molecule has 9 heteroatoms. The van der Waals surface area contributed by atoms with Crippen molar-refractivity contribution >= 4 is 11.5 Å². The Balaban J connectivity index is 1.59. The number of aromatic nitrogens is 8. The average molecular weight is 450 g/mol. The lowest BCUT2D eigenvalue weighted by molar-refractivity contribution is 0.587. The van der Waals surface area contributed by atoms with Crippen molar-refractivity contribution in [1.29, 1.82) is 0 Å². The average Bonchev–Trinajstić information content (AvgIpc) is 3.49. The van der Waals surface area contributed by atoms with Crippen LogP contribution < -0.4 is 4.90 Å². The minimum absolute atomic E-state index is 0.0388. The Morgan fingerprint density at radius 2 is 1.82 bits per heavy atom. The van der Waals surface area contributed by atoms with Crippen LogP contribution in [0.15, 0.2) is 67.3 Å². The quantitative estimate of drug-likeness (QED) is 0.401. The number of fused-ring (bicyclic) bond motifs is 3. The predicted octanol–water partition coefficient (Wildman–Crippen LogP) is 4.43. The van der Waals surface area contributed by atoms with Gasteiger partial charge in [0.1, 0.15) is 11.5 Å². The van der Waals surface area contributed by atoms with Crippen LogP contribution in [0.3, 0.4) is 0 Å². The molecule has 1 aliphatic heterocycles. The summed E-state index contributed by atoms with van der Waals surface area (Å²) in [7, 11) is 1.91. The van der Waals surface area contributed by atoms with Crippen LogP contribution in [0.1, 0.15) is 31.0 Å². The lowest BCUT2D eigenvalue weighted by Gasteiger charge is -2.36. The summed E-state index contributed by atoms with van der Waals surface area (Å²) in [5.74, 6) is 3.09. The van der Waals surface area contributed by atoms with Crippen molar-refractivity contribution in [3.63, 3.8) is 0 Å². The number of anilines is 2. The van der Waals surface area contributed by atoms with Gasteiger partial charge < -0.3 is 4.90 Å². The molecule has 9 nitrogen and oxygen atoms in total. The molecule has 0 saturated heterocycles. The van der Waals surface area contributed by atoms with Crippen LogP contribution in [0.4, 0.5) is 11.5 Å². The first-order chi connectivity index (χ1) is 16.7. The molecule has 0 saturated carbocycles. The predicted molar refractivity (Wildman–Crippen MR) is 129 cm³/mol. The van der Waals surface area contributed by atoms with Crippen molar-refractivity contribution in [1.82, 2.24) is 39.5 Å². The Kier molecular flexibility index (Phi) is 4.68. The van der Waals surface area contributed by atoms with Crippen LogP contribution in [0.5, 0.6) is 0 Å². The highest BCUT2D eigenvalue weighted by molar-refractivity contribution is 5.79. The van der Waals surface area contributed by atoms with Crippen LogP contribution in [0.2, 0.25) is 0 Å². The highest BCUT2D eigenvalue weighted by atomic mass is 15.4. The third-order valence-electron chi connectivity index (χ3n) is 6.13.